The maximum Gasteiger partial charge on any atom is 0.226 e. The third-order valence-electron chi connectivity index (χ3n) is 2.96. The van der Waals surface area contributed by atoms with Crippen molar-refractivity contribution < 1.29 is 5.11 Å². The highest BCUT2D eigenvalue weighted by Crippen LogP contribution is 2.61. The van der Waals surface area contributed by atoms with Gasteiger partial charge in [-0.2, -0.15) is 0 Å². The molecule has 0 saturated carbocycles. The molecule has 21 heavy (non-hydrogen) atoms. The van der Waals surface area contributed by atoms with Crippen LogP contribution in [0.1, 0.15) is 5.56 Å². The van der Waals surface area contributed by atoms with Crippen molar-refractivity contribution in [1.82, 2.24) is 0 Å². The van der Waals surface area contributed by atoms with Gasteiger partial charge in [-0.15, -0.1) is 0 Å². The molecular formula is C13H6Cl7O. The molecule has 0 aliphatic heterocycles. The summed E-state index contributed by atoms with van der Waals surface area (Å²) in [6.07, 6.45) is 0. The predicted molar refractivity (Wildman–Crippen MR) is 92.2 cm³/mol. The summed E-state index contributed by atoms with van der Waals surface area (Å²) in [6.45, 7) is 0. The minimum absolute atomic E-state index is 0.172. The average molecular weight is 426 g/mol. The number of alkyl halides is 7. The Bertz CT molecular complexity index is 671. The lowest BCUT2D eigenvalue weighted by Crippen LogP contribution is -2.45. The number of hydrogen-bond acceptors (Lipinski definition) is 0. The molecule has 113 valence electrons. The number of fused-ring (bicyclic) bond motifs is 1. The fourth-order valence-electron chi connectivity index (χ4n) is 1.92. The molecule has 0 heterocycles. The van der Waals surface area contributed by atoms with E-state index in [0.717, 1.165) is 0 Å². The van der Waals surface area contributed by atoms with Crippen molar-refractivity contribution >= 4 is 92.0 Å². The van der Waals surface area contributed by atoms with Gasteiger partial charge in [-0.1, -0.05) is 112 Å². The molecule has 2 aromatic carbocycles. The van der Waals surface area contributed by atoms with Crippen LogP contribution in [0.4, 0.5) is 0 Å². The Morgan fingerprint density at radius 1 is 0.762 bits per heavy atom. The number of rotatable bonds is 2. The Morgan fingerprint density at radius 2 is 1.29 bits per heavy atom. The van der Waals surface area contributed by atoms with Crippen molar-refractivity contribution in [2.45, 2.75) is 12.5 Å². The molecule has 0 unspecified atom stereocenters. The maximum absolute atomic E-state index is 12.1. The SMILES string of the molecule is [O]c1cccc2cccc(C(Cl)(Cl)C(Cl)(Cl)C(Cl)(Cl)Cl)c12. The van der Waals surface area contributed by atoms with Gasteiger partial charge in [0, 0.05) is 10.9 Å². The smallest absolute Gasteiger partial charge is 0.226 e. The lowest BCUT2D eigenvalue weighted by atomic mass is 9.99. The lowest BCUT2D eigenvalue weighted by molar-refractivity contribution is 0.360. The van der Waals surface area contributed by atoms with Gasteiger partial charge in [0.05, 0.1) is 0 Å². The van der Waals surface area contributed by atoms with E-state index in [2.05, 4.69) is 0 Å². The summed E-state index contributed by atoms with van der Waals surface area (Å²) in [5.74, 6) is -0.290. The van der Waals surface area contributed by atoms with E-state index in [1.807, 2.05) is 0 Å². The molecule has 8 heteroatoms. The van der Waals surface area contributed by atoms with Crippen LogP contribution in [0.3, 0.4) is 0 Å². The van der Waals surface area contributed by atoms with Crippen LogP contribution in [0, 0.1) is 0 Å². The largest absolute Gasteiger partial charge is 0.289 e. The molecule has 0 spiro atoms. The molecule has 0 saturated heterocycles. The summed E-state index contributed by atoms with van der Waals surface area (Å²) in [7, 11) is 0. The van der Waals surface area contributed by atoms with Crippen molar-refractivity contribution in [2.75, 3.05) is 0 Å². The molecule has 2 aromatic rings. The highest BCUT2D eigenvalue weighted by molar-refractivity contribution is 6.78. The van der Waals surface area contributed by atoms with E-state index in [0.29, 0.717) is 5.39 Å². The van der Waals surface area contributed by atoms with Gasteiger partial charge in [0.15, 0.2) is 10.1 Å². The Morgan fingerprint density at radius 3 is 1.81 bits per heavy atom. The first-order chi connectivity index (χ1) is 9.50. The molecule has 0 atom stereocenters. The van der Waals surface area contributed by atoms with Gasteiger partial charge < -0.3 is 0 Å². The van der Waals surface area contributed by atoms with Crippen LogP contribution in [-0.2, 0) is 9.44 Å². The van der Waals surface area contributed by atoms with E-state index in [-0.39, 0.29) is 16.7 Å². The number of halogens is 7. The van der Waals surface area contributed by atoms with Gasteiger partial charge >= 0.3 is 0 Å². The van der Waals surface area contributed by atoms with Crippen molar-refractivity contribution in [3.8, 4) is 5.75 Å². The second kappa shape index (κ2) is 5.87. The van der Waals surface area contributed by atoms with E-state index >= 15 is 0 Å². The summed E-state index contributed by atoms with van der Waals surface area (Å²) >= 11 is 42.1. The van der Waals surface area contributed by atoms with Crippen LogP contribution in [0.2, 0.25) is 0 Å². The molecule has 1 radical (unpaired) electrons. The Kier molecular flexibility index (Phi) is 5.00. The highest BCUT2D eigenvalue weighted by atomic mass is 35.6. The fraction of sp³-hybridized carbons (Fsp3) is 0.231. The van der Waals surface area contributed by atoms with Crippen molar-refractivity contribution in [3.05, 3.63) is 42.0 Å². The Hall–Kier alpha value is 0.530. The third kappa shape index (κ3) is 2.99. The zero-order chi connectivity index (χ0) is 16.1. The standard InChI is InChI=1S/C13H6Cl7O/c14-11(15,12(16,17)13(18,19)20)8-5-1-3-7-4-2-6-9(21)10(7)8/h1-6H. The van der Waals surface area contributed by atoms with E-state index in [1.165, 1.54) is 12.1 Å². The van der Waals surface area contributed by atoms with Gasteiger partial charge in [0.2, 0.25) is 8.13 Å². The zero-order valence-corrected chi connectivity index (χ0v) is 15.3. The monoisotopic (exact) mass is 423 g/mol. The highest BCUT2D eigenvalue weighted by Gasteiger charge is 2.61. The maximum atomic E-state index is 12.1. The second-order valence-electron chi connectivity index (χ2n) is 4.31. The van der Waals surface area contributed by atoms with Crippen molar-refractivity contribution in [2.24, 2.45) is 0 Å². The molecule has 0 aliphatic carbocycles. The first-order valence-corrected chi connectivity index (χ1v) is 8.16. The van der Waals surface area contributed by atoms with Crippen LogP contribution >= 0.6 is 81.2 Å². The normalized spacial score (nSPS) is 13.7. The quantitative estimate of drug-likeness (QED) is 0.454. The number of hydrogen-bond donors (Lipinski definition) is 0. The van der Waals surface area contributed by atoms with Gasteiger partial charge in [-0.25, -0.2) is 0 Å². The van der Waals surface area contributed by atoms with E-state index in [9.17, 15) is 5.11 Å². The van der Waals surface area contributed by atoms with Crippen molar-refractivity contribution in [1.29, 1.82) is 0 Å². The first kappa shape index (κ1) is 17.9. The van der Waals surface area contributed by atoms with E-state index in [4.69, 9.17) is 81.2 Å². The zero-order valence-electron chi connectivity index (χ0n) is 10.0. The van der Waals surface area contributed by atoms with Gasteiger partial charge in [-0.3, -0.25) is 5.11 Å². The molecule has 0 aromatic heterocycles. The molecule has 0 bridgehead atoms. The van der Waals surface area contributed by atoms with Gasteiger partial charge in [-0.05, 0) is 11.5 Å². The minimum atomic E-state index is -2.19. The van der Waals surface area contributed by atoms with E-state index in [1.54, 1.807) is 24.3 Å². The molecule has 2 rings (SSSR count). The second-order valence-corrected chi connectivity index (χ2v) is 9.24. The topological polar surface area (TPSA) is 19.9 Å². The van der Waals surface area contributed by atoms with Crippen LogP contribution in [0.15, 0.2) is 36.4 Å². The Labute approximate surface area is 156 Å². The molecule has 1 nitrogen and oxygen atoms in total. The summed E-state index contributed by atoms with van der Waals surface area (Å²) in [5.41, 5.74) is 0.172. The minimum Gasteiger partial charge on any atom is -0.289 e. The fourth-order valence-corrected chi connectivity index (χ4v) is 3.43. The summed E-state index contributed by atoms with van der Waals surface area (Å²) in [6, 6.07) is 9.60. The first-order valence-electron chi connectivity index (χ1n) is 5.52. The molecule has 0 amide bonds. The summed E-state index contributed by atoms with van der Waals surface area (Å²) in [4.78, 5) is 0. The van der Waals surface area contributed by atoms with Crippen LogP contribution in [0.25, 0.3) is 10.8 Å². The predicted octanol–water partition coefficient (Wildman–Crippen LogP) is 7.16. The lowest BCUT2D eigenvalue weighted by Gasteiger charge is -2.38. The molecule has 0 N–H and O–H groups in total. The molecule has 0 fully saturated rings. The molecule has 0 aliphatic rings. The summed E-state index contributed by atoms with van der Waals surface area (Å²) in [5, 5.41) is 13.0. The van der Waals surface area contributed by atoms with Crippen LogP contribution in [-0.4, -0.2) is 8.13 Å². The van der Waals surface area contributed by atoms with Gasteiger partial charge in [0.25, 0.3) is 0 Å². The van der Waals surface area contributed by atoms with Gasteiger partial charge in [0.1, 0.15) is 0 Å². The number of benzene rings is 2. The molecular weight excluding hydrogens is 420 g/mol. The van der Waals surface area contributed by atoms with Crippen LogP contribution < -0.4 is 0 Å². The Balaban J connectivity index is 2.77. The van der Waals surface area contributed by atoms with Crippen LogP contribution in [0.5, 0.6) is 5.75 Å². The third-order valence-corrected chi connectivity index (χ3v) is 6.88. The summed E-state index contributed by atoms with van der Waals surface area (Å²) < 4.78 is -6.40. The van der Waals surface area contributed by atoms with E-state index < -0.39 is 12.5 Å². The van der Waals surface area contributed by atoms with Crippen molar-refractivity contribution in [3.63, 3.8) is 0 Å². The average Bonchev–Trinajstić information content (AvgIpc) is 2.37.